The number of imidazole rings is 1. The summed E-state index contributed by atoms with van der Waals surface area (Å²) in [6, 6.07) is 3.62. The second-order valence-electron chi connectivity index (χ2n) is 3.11. The van der Waals surface area contributed by atoms with E-state index in [-0.39, 0.29) is 5.82 Å². The maximum absolute atomic E-state index is 10.7. The van der Waals surface area contributed by atoms with Crippen LogP contribution in [0.15, 0.2) is 24.5 Å². The predicted octanol–water partition coefficient (Wildman–Crippen LogP) is 1.48. The molecule has 15 heavy (non-hydrogen) atoms. The summed E-state index contributed by atoms with van der Waals surface area (Å²) in [5.74, 6) is -1.11. The molecule has 0 aliphatic carbocycles. The van der Waals surface area contributed by atoms with Crippen LogP contribution >= 0.6 is 0 Å². The average molecular weight is 203 g/mol. The van der Waals surface area contributed by atoms with Crippen molar-refractivity contribution in [3.63, 3.8) is 0 Å². The minimum absolute atomic E-state index is 0.0497. The summed E-state index contributed by atoms with van der Waals surface area (Å²) in [5.41, 5.74) is 2.15. The first-order chi connectivity index (χ1) is 7.18. The second kappa shape index (κ2) is 3.53. The molecule has 2 heterocycles. The third-order valence-electron chi connectivity index (χ3n) is 2.02. The van der Waals surface area contributed by atoms with Crippen molar-refractivity contribution in [3.8, 4) is 11.3 Å². The Morgan fingerprint density at radius 2 is 2.33 bits per heavy atom. The highest BCUT2D eigenvalue weighted by molar-refractivity contribution is 5.84. The van der Waals surface area contributed by atoms with Gasteiger partial charge in [-0.1, -0.05) is 0 Å². The van der Waals surface area contributed by atoms with Gasteiger partial charge in [0.15, 0.2) is 0 Å². The quantitative estimate of drug-likeness (QED) is 0.774. The average Bonchev–Trinajstić information content (AvgIpc) is 2.62. The number of carbonyl (C=O) groups is 1. The van der Waals surface area contributed by atoms with Crippen LogP contribution in [-0.4, -0.2) is 26.0 Å². The fourth-order valence-corrected chi connectivity index (χ4v) is 1.35. The number of aromatic nitrogens is 3. The zero-order valence-electron chi connectivity index (χ0n) is 8.06. The summed E-state index contributed by atoms with van der Waals surface area (Å²) in [5, 5.41) is 8.76. The van der Waals surface area contributed by atoms with E-state index < -0.39 is 5.97 Å². The van der Waals surface area contributed by atoms with Gasteiger partial charge >= 0.3 is 5.97 Å². The molecule has 0 spiro atoms. The van der Waals surface area contributed by atoms with Crippen molar-refractivity contribution in [2.45, 2.75) is 6.92 Å². The molecule has 0 bridgehead atoms. The standard InChI is InChI=1S/C10H9N3O2/c1-6-8(7-3-2-4-11-5-7)13-9(12-6)10(14)15/h2-5H,1H3,(H,12,13)(H,14,15). The molecule has 5 nitrogen and oxygen atoms in total. The first-order valence-electron chi connectivity index (χ1n) is 4.39. The predicted molar refractivity (Wildman–Crippen MR) is 53.5 cm³/mol. The Hall–Kier alpha value is -2.17. The topological polar surface area (TPSA) is 78.9 Å². The van der Waals surface area contributed by atoms with Gasteiger partial charge in [0.25, 0.3) is 0 Å². The minimum atomic E-state index is -1.06. The molecule has 2 aromatic heterocycles. The number of aryl methyl sites for hydroxylation is 1. The van der Waals surface area contributed by atoms with Crippen LogP contribution in [0.2, 0.25) is 0 Å². The van der Waals surface area contributed by atoms with Gasteiger partial charge in [0.05, 0.1) is 5.69 Å². The zero-order valence-corrected chi connectivity index (χ0v) is 8.06. The van der Waals surface area contributed by atoms with Crippen molar-refractivity contribution in [2.75, 3.05) is 0 Å². The van der Waals surface area contributed by atoms with E-state index in [1.165, 1.54) is 0 Å². The number of carboxylic acids is 1. The SMILES string of the molecule is Cc1[nH]c(C(=O)O)nc1-c1cccnc1. The fraction of sp³-hybridized carbons (Fsp3) is 0.100. The second-order valence-corrected chi connectivity index (χ2v) is 3.11. The Labute approximate surface area is 85.8 Å². The third-order valence-corrected chi connectivity index (χ3v) is 2.02. The number of rotatable bonds is 2. The molecule has 5 heteroatoms. The monoisotopic (exact) mass is 203 g/mol. The maximum Gasteiger partial charge on any atom is 0.371 e. The van der Waals surface area contributed by atoms with E-state index in [1.807, 2.05) is 6.07 Å². The molecule has 0 radical (unpaired) electrons. The molecule has 0 amide bonds. The van der Waals surface area contributed by atoms with Gasteiger partial charge in [0.2, 0.25) is 5.82 Å². The number of nitrogens with zero attached hydrogens (tertiary/aromatic N) is 2. The molecule has 0 saturated carbocycles. The molecule has 0 unspecified atom stereocenters. The highest BCUT2D eigenvalue weighted by atomic mass is 16.4. The molecule has 0 aliphatic heterocycles. The van der Waals surface area contributed by atoms with E-state index in [4.69, 9.17) is 5.11 Å². The highest BCUT2D eigenvalue weighted by Gasteiger charge is 2.13. The number of pyridine rings is 1. The highest BCUT2D eigenvalue weighted by Crippen LogP contribution is 2.19. The van der Waals surface area contributed by atoms with Gasteiger partial charge in [0.1, 0.15) is 0 Å². The summed E-state index contributed by atoms with van der Waals surface area (Å²) in [7, 11) is 0. The molecule has 0 aliphatic rings. The first kappa shape index (κ1) is 9.39. The van der Waals surface area contributed by atoms with Gasteiger partial charge in [-0.25, -0.2) is 9.78 Å². The van der Waals surface area contributed by atoms with Gasteiger partial charge < -0.3 is 10.1 Å². The largest absolute Gasteiger partial charge is 0.475 e. The van der Waals surface area contributed by atoms with Crippen LogP contribution < -0.4 is 0 Å². The van der Waals surface area contributed by atoms with Gasteiger partial charge in [0, 0.05) is 23.7 Å². The molecule has 0 saturated heterocycles. The van der Waals surface area contributed by atoms with Crippen LogP contribution in [0, 0.1) is 6.92 Å². The number of H-pyrrole nitrogens is 1. The Morgan fingerprint density at radius 3 is 2.87 bits per heavy atom. The van der Waals surface area contributed by atoms with E-state index in [9.17, 15) is 4.79 Å². The first-order valence-corrected chi connectivity index (χ1v) is 4.39. The summed E-state index contributed by atoms with van der Waals surface area (Å²) in [6.07, 6.45) is 3.30. The molecule has 0 atom stereocenters. The van der Waals surface area contributed by atoms with Crippen molar-refractivity contribution in [1.29, 1.82) is 0 Å². The summed E-state index contributed by atoms with van der Waals surface area (Å²) < 4.78 is 0. The van der Waals surface area contributed by atoms with E-state index in [0.29, 0.717) is 5.69 Å². The normalized spacial score (nSPS) is 10.2. The Morgan fingerprint density at radius 1 is 1.53 bits per heavy atom. The maximum atomic E-state index is 10.7. The van der Waals surface area contributed by atoms with E-state index in [0.717, 1.165) is 11.3 Å². The molecule has 2 rings (SSSR count). The van der Waals surface area contributed by atoms with Crippen LogP contribution in [0.4, 0.5) is 0 Å². The minimum Gasteiger partial charge on any atom is -0.475 e. The fourth-order valence-electron chi connectivity index (χ4n) is 1.35. The van der Waals surface area contributed by atoms with Crippen LogP contribution in [0.25, 0.3) is 11.3 Å². The third kappa shape index (κ3) is 1.71. The Kier molecular flexibility index (Phi) is 2.21. The van der Waals surface area contributed by atoms with Crippen LogP contribution in [0.1, 0.15) is 16.3 Å². The van der Waals surface area contributed by atoms with Gasteiger partial charge in [-0.2, -0.15) is 0 Å². The summed E-state index contributed by atoms with van der Waals surface area (Å²) in [4.78, 5) is 21.3. The van der Waals surface area contributed by atoms with Gasteiger partial charge in [-0.15, -0.1) is 0 Å². The summed E-state index contributed by atoms with van der Waals surface area (Å²) in [6.45, 7) is 1.78. The molecule has 0 aromatic carbocycles. The number of aromatic amines is 1. The molecular weight excluding hydrogens is 194 g/mol. The molecule has 2 N–H and O–H groups in total. The van der Waals surface area contributed by atoms with E-state index >= 15 is 0 Å². The lowest BCUT2D eigenvalue weighted by atomic mass is 10.2. The Balaban J connectivity index is 2.50. The van der Waals surface area contributed by atoms with Crippen molar-refractivity contribution < 1.29 is 9.90 Å². The Bertz CT molecular complexity index is 491. The number of hydrogen-bond donors (Lipinski definition) is 2. The van der Waals surface area contributed by atoms with Crippen molar-refractivity contribution in [3.05, 3.63) is 36.0 Å². The number of nitrogens with one attached hydrogen (secondary N) is 1. The molecule has 2 aromatic rings. The molecule has 0 fully saturated rings. The zero-order chi connectivity index (χ0) is 10.8. The van der Waals surface area contributed by atoms with Crippen LogP contribution in [0.5, 0.6) is 0 Å². The van der Waals surface area contributed by atoms with Crippen molar-refractivity contribution in [2.24, 2.45) is 0 Å². The smallest absolute Gasteiger partial charge is 0.371 e. The lowest BCUT2D eigenvalue weighted by molar-refractivity contribution is 0.0684. The van der Waals surface area contributed by atoms with Crippen molar-refractivity contribution in [1.82, 2.24) is 15.0 Å². The molecule has 76 valence electrons. The lowest BCUT2D eigenvalue weighted by Crippen LogP contribution is -1.98. The summed E-state index contributed by atoms with van der Waals surface area (Å²) >= 11 is 0. The lowest BCUT2D eigenvalue weighted by Gasteiger charge is -1.95. The van der Waals surface area contributed by atoms with Crippen LogP contribution in [0.3, 0.4) is 0 Å². The number of carboxylic acid groups (broad SMARTS) is 1. The number of hydrogen-bond acceptors (Lipinski definition) is 3. The van der Waals surface area contributed by atoms with E-state index in [2.05, 4.69) is 15.0 Å². The van der Waals surface area contributed by atoms with E-state index in [1.54, 1.807) is 25.4 Å². The number of aromatic carboxylic acids is 1. The van der Waals surface area contributed by atoms with Gasteiger partial charge in [-0.3, -0.25) is 4.98 Å². The van der Waals surface area contributed by atoms with Gasteiger partial charge in [-0.05, 0) is 19.1 Å². The molecular formula is C10H9N3O2. The van der Waals surface area contributed by atoms with Crippen LogP contribution in [-0.2, 0) is 0 Å². The van der Waals surface area contributed by atoms with Crippen molar-refractivity contribution >= 4 is 5.97 Å².